The summed E-state index contributed by atoms with van der Waals surface area (Å²) in [5, 5.41) is 3.78. The highest BCUT2D eigenvalue weighted by molar-refractivity contribution is 9.10. The Bertz CT molecular complexity index is 688. The van der Waals surface area contributed by atoms with Gasteiger partial charge < -0.3 is 5.32 Å². The van der Waals surface area contributed by atoms with Gasteiger partial charge in [0.2, 0.25) is 5.91 Å². The van der Waals surface area contributed by atoms with Crippen molar-refractivity contribution in [3.63, 3.8) is 0 Å². The van der Waals surface area contributed by atoms with Crippen LogP contribution in [0.25, 0.3) is 0 Å². The molecule has 3 rings (SSSR count). The molecule has 1 heterocycles. The van der Waals surface area contributed by atoms with Gasteiger partial charge in [0.1, 0.15) is 0 Å². The minimum atomic E-state index is 0.0368. The Hall–Kier alpha value is -1.36. The Balaban J connectivity index is 1.57. The molecule has 2 aromatic carbocycles. The van der Waals surface area contributed by atoms with Crippen molar-refractivity contribution >= 4 is 39.1 Å². The lowest BCUT2D eigenvalue weighted by Crippen LogP contribution is -2.40. The fourth-order valence-electron chi connectivity index (χ4n) is 3.04. The molecule has 0 unspecified atom stereocenters. The van der Waals surface area contributed by atoms with Crippen molar-refractivity contribution in [2.24, 2.45) is 5.92 Å². The van der Waals surface area contributed by atoms with E-state index in [2.05, 4.69) is 26.1 Å². The second kappa shape index (κ2) is 8.15. The zero-order valence-electron chi connectivity index (χ0n) is 13.3. The second-order valence-electron chi connectivity index (χ2n) is 6.20. The maximum Gasteiger partial charge on any atom is 0.228 e. The van der Waals surface area contributed by atoms with Gasteiger partial charge in [0.05, 0.1) is 5.92 Å². The highest BCUT2D eigenvalue weighted by atomic mass is 79.9. The minimum absolute atomic E-state index is 0.0368. The molecule has 0 aliphatic carbocycles. The lowest BCUT2D eigenvalue weighted by Gasteiger charge is -2.32. The standard InChI is InChI=1S/C19H20BrClN2O/c20-16-5-9-18(10-6-16)22-19(24)15-2-1-11-23(13-15)12-14-3-7-17(21)8-4-14/h3-10,15H,1-2,11-13H2,(H,22,24)/t15-/m0/s1. The van der Waals surface area contributed by atoms with Gasteiger partial charge in [-0.1, -0.05) is 39.7 Å². The fraction of sp³-hybridized carbons (Fsp3) is 0.316. The number of hydrogen-bond acceptors (Lipinski definition) is 2. The smallest absolute Gasteiger partial charge is 0.228 e. The molecule has 3 nitrogen and oxygen atoms in total. The summed E-state index contributed by atoms with van der Waals surface area (Å²) in [6.07, 6.45) is 1.99. The van der Waals surface area contributed by atoms with Gasteiger partial charge in [-0.25, -0.2) is 0 Å². The molecular formula is C19H20BrClN2O. The second-order valence-corrected chi connectivity index (χ2v) is 7.55. The van der Waals surface area contributed by atoms with E-state index in [1.165, 1.54) is 5.56 Å². The van der Waals surface area contributed by atoms with Crippen LogP contribution in [-0.2, 0) is 11.3 Å². The third-order valence-corrected chi connectivity index (χ3v) is 5.09. The molecule has 1 saturated heterocycles. The van der Waals surface area contributed by atoms with Crippen LogP contribution in [0, 0.1) is 5.92 Å². The van der Waals surface area contributed by atoms with Crippen molar-refractivity contribution in [2.75, 3.05) is 18.4 Å². The first kappa shape index (κ1) is 17.5. The number of carbonyl (C=O) groups is 1. The van der Waals surface area contributed by atoms with Crippen LogP contribution in [-0.4, -0.2) is 23.9 Å². The fourth-order valence-corrected chi connectivity index (χ4v) is 3.43. The Morgan fingerprint density at radius 3 is 2.58 bits per heavy atom. The third kappa shape index (κ3) is 4.82. The predicted octanol–water partition coefficient (Wildman–Crippen LogP) is 4.95. The van der Waals surface area contributed by atoms with Gasteiger partial charge in [0.25, 0.3) is 0 Å². The zero-order chi connectivity index (χ0) is 16.9. The molecule has 1 aliphatic heterocycles. The molecule has 0 spiro atoms. The number of anilines is 1. The molecule has 1 atom stereocenters. The number of rotatable bonds is 4. The van der Waals surface area contributed by atoms with E-state index in [0.717, 1.165) is 47.7 Å². The van der Waals surface area contributed by atoms with Crippen molar-refractivity contribution in [3.8, 4) is 0 Å². The Labute approximate surface area is 156 Å². The van der Waals surface area contributed by atoms with Crippen LogP contribution in [0.5, 0.6) is 0 Å². The Morgan fingerprint density at radius 1 is 1.17 bits per heavy atom. The third-order valence-electron chi connectivity index (χ3n) is 4.31. The molecule has 1 N–H and O–H groups in total. The van der Waals surface area contributed by atoms with E-state index in [1.807, 2.05) is 48.5 Å². The average Bonchev–Trinajstić information content (AvgIpc) is 2.59. The van der Waals surface area contributed by atoms with E-state index in [-0.39, 0.29) is 11.8 Å². The van der Waals surface area contributed by atoms with Crippen molar-refractivity contribution in [3.05, 3.63) is 63.6 Å². The summed E-state index contributed by atoms with van der Waals surface area (Å²) >= 11 is 9.34. The van der Waals surface area contributed by atoms with E-state index in [4.69, 9.17) is 11.6 Å². The van der Waals surface area contributed by atoms with E-state index < -0.39 is 0 Å². The highest BCUT2D eigenvalue weighted by Gasteiger charge is 2.25. The number of benzene rings is 2. The number of carbonyl (C=O) groups excluding carboxylic acids is 1. The van der Waals surface area contributed by atoms with Gasteiger partial charge >= 0.3 is 0 Å². The number of nitrogens with one attached hydrogen (secondary N) is 1. The molecule has 1 aliphatic rings. The van der Waals surface area contributed by atoms with Crippen molar-refractivity contribution in [1.29, 1.82) is 0 Å². The largest absolute Gasteiger partial charge is 0.326 e. The minimum Gasteiger partial charge on any atom is -0.326 e. The number of hydrogen-bond donors (Lipinski definition) is 1. The van der Waals surface area contributed by atoms with E-state index in [9.17, 15) is 4.79 Å². The molecule has 0 bridgehead atoms. The van der Waals surface area contributed by atoms with Crippen LogP contribution in [0.1, 0.15) is 18.4 Å². The number of piperidine rings is 1. The quantitative estimate of drug-likeness (QED) is 0.777. The maximum atomic E-state index is 12.5. The summed E-state index contributed by atoms with van der Waals surface area (Å²) in [6.45, 7) is 2.69. The summed E-state index contributed by atoms with van der Waals surface area (Å²) in [6, 6.07) is 15.6. The highest BCUT2D eigenvalue weighted by Crippen LogP contribution is 2.22. The van der Waals surface area contributed by atoms with Gasteiger partial charge in [-0.2, -0.15) is 0 Å². The molecular weight excluding hydrogens is 388 g/mol. The number of nitrogens with zero attached hydrogens (tertiary/aromatic N) is 1. The van der Waals surface area contributed by atoms with Crippen molar-refractivity contribution in [1.82, 2.24) is 4.90 Å². The summed E-state index contributed by atoms with van der Waals surface area (Å²) in [5.74, 6) is 0.146. The van der Waals surface area contributed by atoms with Crippen LogP contribution in [0.3, 0.4) is 0 Å². The van der Waals surface area contributed by atoms with Crippen LogP contribution in [0.4, 0.5) is 5.69 Å². The molecule has 1 amide bonds. The number of halogens is 2. The first-order valence-corrected chi connectivity index (χ1v) is 9.30. The van der Waals surface area contributed by atoms with Crippen molar-refractivity contribution < 1.29 is 4.79 Å². The van der Waals surface area contributed by atoms with Gasteiger partial charge in [-0.15, -0.1) is 0 Å². The normalized spacial score (nSPS) is 18.3. The zero-order valence-corrected chi connectivity index (χ0v) is 15.7. The van der Waals surface area contributed by atoms with E-state index in [0.29, 0.717) is 0 Å². The van der Waals surface area contributed by atoms with Crippen LogP contribution in [0.2, 0.25) is 5.02 Å². The van der Waals surface area contributed by atoms with Crippen LogP contribution >= 0.6 is 27.5 Å². The molecule has 5 heteroatoms. The summed E-state index contributed by atoms with van der Waals surface area (Å²) < 4.78 is 1.01. The molecule has 2 aromatic rings. The van der Waals surface area contributed by atoms with Crippen LogP contribution < -0.4 is 5.32 Å². The van der Waals surface area contributed by atoms with Gasteiger partial charge in [-0.3, -0.25) is 9.69 Å². The SMILES string of the molecule is O=C(Nc1ccc(Br)cc1)[C@H]1CCCN(Cc2ccc(Cl)cc2)C1. The summed E-state index contributed by atoms with van der Waals surface area (Å²) in [5.41, 5.74) is 2.08. The molecule has 1 fully saturated rings. The van der Waals surface area contributed by atoms with Gasteiger partial charge in [0, 0.05) is 28.3 Å². The lowest BCUT2D eigenvalue weighted by molar-refractivity contribution is -0.121. The predicted molar refractivity (Wildman–Crippen MR) is 102 cm³/mol. The number of amides is 1. The summed E-state index contributed by atoms with van der Waals surface area (Å²) in [7, 11) is 0. The molecule has 24 heavy (non-hydrogen) atoms. The molecule has 0 radical (unpaired) electrons. The molecule has 126 valence electrons. The molecule has 0 aromatic heterocycles. The van der Waals surface area contributed by atoms with E-state index in [1.54, 1.807) is 0 Å². The average molecular weight is 408 g/mol. The number of likely N-dealkylation sites (tertiary alicyclic amines) is 1. The maximum absolute atomic E-state index is 12.5. The first-order valence-electron chi connectivity index (χ1n) is 8.13. The topological polar surface area (TPSA) is 32.3 Å². The van der Waals surface area contributed by atoms with Crippen molar-refractivity contribution in [2.45, 2.75) is 19.4 Å². The van der Waals surface area contributed by atoms with Crippen LogP contribution in [0.15, 0.2) is 53.0 Å². The lowest BCUT2D eigenvalue weighted by atomic mass is 9.96. The van der Waals surface area contributed by atoms with Gasteiger partial charge in [-0.05, 0) is 61.3 Å². The Kier molecular flexibility index (Phi) is 5.93. The first-order chi connectivity index (χ1) is 11.6. The van der Waals surface area contributed by atoms with Gasteiger partial charge in [0.15, 0.2) is 0 Å². The van der Waals surface area contributed by atoms with E-state index >= 15 is 0 Å². The monoisotopic (exact) mass is 406 g/mol. The summed E-state index contributed by atoms with van der Waals surface area (Å²) in [4.78, 5) is 14.9. The molecule has 0 saturated carbocycles. The Morgan fingerprint density at radius 2 is 1.88 bits per heavy atom.